The second-order valence-corrected chi connectivity index (χ2v) is 6.20. The fraction of sp³-hybridized carbons (Fsp3) is 0.579. The van der Waals surface area contributed by atoms with Crippen molar-refractivity contribution in [1.29, 1.82) is 5.26 Å². The largest absolute Gasteiger partial charge is 0.381 e. The number of halogens is 1. The predicted octanol–water partition coefficient (Wildman–Crippen LogP) is 2.20. The van der Waals surface area contributed by atoms with Gasteiger partial charge in [0.25, 0.3) is 0 Å². The maximum atomic E-state index is 13.8. The van der Waals surface area contributed by atoms with Crippen molar-refractivity contribution in [1.82, 2.24) is 10.6 Å². The summed E-state index contributed by atoms with van der Waals surface area (Å²) in [4.78, 5) is 4.39. The van der Waals surface area contributed by atoms with Crippen molar-refractivity contribution in [2.75, 3.05) is 39.5 Å². The van der Waals surface area contributed by atoms with Crippen LogP contribution in [0.1, 0.15) is 30.9 Å². The molecule has 142 valence electrons. The monoisotopic (exact) mass is 362 g/mol. The van der Waals surface area contributed by atoms with Crippen LogP contribution in [0.4, 0.5) is 4.39 Å². The van der Waals surface area contributed by atoms with E-state index in [0.29, 0.717) is 42.7 Å². The zero-order valence-corrected chi connectivity index (χ0v) is 15.3. The van der Waals surface area contributed by atoms with Gasteiger partial charge in [0.2, 0.25) is 0 Å². The van der Waals surface area contributed by atoms with E-state index in [4.69, 9.17) is 14.7 Å². The summed E-state index contributed by atoms with van der Waals surface area (Å²) in [6, 6.07) is 6.31. The molecule has 1 atom stereocenters. The first kappa shape index (κ1) is 20.1. The minimum absolute atomic E-state index is 0.175. The summed E-state index contributed by atoms with van der Waals surface area (Å²) in [6.45, 7) is 6.66. The highest BCUT2D eigenvalue weighted by atomic mass is 19.1. The van der Waals surface area contributed by atoms with Crippen LogP contribution in [0.2, 0.25) is 0 Å². The first-order valence-corrected chi connectivity index (χ1v) is 9.09. The van der Waals surface area contributed by atoms with Crippen LogP contribution in [0.3, 0.4) is 0 Å². The molecule has 0 bridgehead atoms. The molecule has 26 heavy (non-hydrogen) atoms. The van der Waals surface area contributed by atoms with Gasteiger partial charge in [-0.25, -0.2) is 9.38 Å². The lowest BCUT2D eigenvalue weighted by Crippen LogP contribution is -2.38. The zero-order chi connectivity index (χ0) is 18.6. The van der Waals surface area contributed by atoms with Crippen LogP contribution in [0.25, 0.3) is 0 Å². The van der Waals surface area contributed by atoms with Crippen LogP contribution in [-0.2, 0) is 16.0 Å². The molecule has 1 aromatic rings. The molecular formula is C19H27FN4O2. The van der Waals surface area contributed by atoms with Crippen LogP contribution in [0.15, 0.2) is 23.2 Å². The van der Waals surface area contributed by atoms with Crippen molar-refractivity contribution in [2.24, 2.45) is 10.9 Å². The molecule has 1 heterocycles. The minimum atomic E-state index is -0.354. The lowest BCUT2D eigenvalue weighted by molar-refractivity contribution is 0.0888. The molecule has 0 saturated carbocycles. The van der Waals surface area contributed by atoms with E-state index in [0.717, 1.165) is 32.7 Å². The summed E-state index contributed by atoms with van der Waals surface area (Å²) >= 11 is 0. The Hall–Kier alpha value is -2.17. The molecule has 1 aliphatic rings. The first-order valence-electron chi connectivity index (χ1n) is 9.09. The molecule has 0 amide bonds. The third-order valence-electron chi connectivity index (χ3n) is 4.06. The van der Waals surface area contributed by atoms with Crippen molar-refractivity contribution in [3.05, 3.63) is 35.1 Å². The molecule has 0 aliphatic carbocycles. The molecule has 1 saturated heterocycles. The highest BCUT2D eigenvalue weighted by Crippen LogP contribution is 2.12. The second kappa shape index (κ2) is 11.4. The Kier molecular flexibility index (Phi) is 8.87. The molecule has 1 aliphatic heterocycles. The van der Waals surface area contributed by atoms with Crippen LogP contribution >= 0.6 is 0 Å². The molecule has 1 unspecified atom stereocenters. The quantitative estimate of drug-likeness (QED) is 0.400. The number of nitrogens with one attached hydrogen (secondary N) is 2. The van der Waals surface area contributed by atoms with Gasteiger partial charge in [0.1, 0.15) is 5.82 Å². The molecule has 0 spiro atoms. The van der Waals surface area contributed by atoms with Crippen molar-refractivity contribution in [2.45, 2.75) is 26.3 Å². The SMILES string of the molecule is CCNC(=NCc1cc(C#N)ccc1F)NCCCOCC1CCOC1. The average molecular weight is 362 g/mol. The topological polar surface area (TPSA) is 78.7 Å². The number of guanidine groups is 1. The van der Waals surface area contributed by atoms with Gasteiger partial charge in [-0.3, -0.25) is 0 Å². The summed E-state index contributed by atoms with van der Waals surface area (Å²) in [5.41, 5.74) is 0.836. The molecule has 2 rings (SSSR count). The Balaban J connectivity index is 1.73. The van der Waals surface area contributed by atoms with E-state index in [1.165, 1.54) is 18.2 Å². The smallest absolute Gasteiger partial charge is 0.191 e. The maximum absolute atomic E-state index is 13.8. The minimum Gasteiger partial charge on any atom is -0.381 e. The lowest BCUT2D eigenvalue weighted by Gasteiger charge is -2.12. The molecular weight excluding hydrogens is 335 g/mol. The van der Waals surface area contributed by atoms with Gasteiger partial charge in [-0.1, -0.05) is 0 Å². The Bertz CT molecular complexity index is 624. The molecule has 1 aromatic carbocycles. The third kappa shape index (κ3) is 6.98. The van der Waals surface area contributed by atoms with E-state index >= 15 is 0 Å². The summed E-state index contributed by atoms with van der Waals surface area (Å²) in [6.07, 6.45) is 1.94. The highest BCUT2D eigenvalue weighted by Gasteiger charge is 2.15. The van der Waals surface area contributed by atoms with Gasteiger partial charge in [-0.05, 0) is 38.0 Å². The van der Waals surface area contributed by atoms with E-state index in [-0.39, 0.29) is 12.4 Å². The number of nitrogens with zero attached hydrogens (tertiary/aromatic N) is 2. The van der Waals surface area contributed by atoms with Gasteiger partial charge in [0, 0.05) is 37.8 Å². The molecule has 0 aromatic heterocycles. The van der Waals surface area contributed by atoms with Gasteiger partial charge in [-0.2, -0.15) is 5.26 Å². The Morgan fingerprint density at radius 2 is 2.35 bits per heavy atom. The summed E-state index contributed by atoms with van der Waals surface area (Å²) in [5, 5.41) is 15.3. The standard InChI is InChI=1S/C19H27FN4O2/c1-2-22-19(23-7-3-8-25-13-16-6-9-26-14-16)24-12-17-10-15(11-21)4-5-18(17)20/h4-5,10,16H,2-3,6-9,12-14H2,1H3,(H2,22,23,24). The molecule has 7 heteroatoms. The van der Waals surface area contributed by atoms with Gasteiger partial charge in [0.15, 0.2) is 5.96 Å². The highest BCUT2D eigenvalue weighted by molar-refractivity contribution is 5.79. The van der Waals surface area contributed by atoms with Crippen LogP contribution < -0.4 is 10.6 Å². The number of hydrogen-bond acceptors (Lipinski definition) is 4. The first-order chi connectivity index (χ1) is 12.7. The normalized spacial score (nSPS) is 17.1. The summed E-state index contributed by atoms with van der Waals surface area (Å²) < 4.78 is 24.8. The Morgan fingerprint density at radius 1 is 1.46 bits per heavy atom. The second-order valence-electron chi connectivity index (χ2n) is 6.20. The number of rotatable bonds is 9. The van der Waals surface area contributed by atoms with Crippen LogP contribution in [0, 0.1) is 23.1 Å². The summed E-state index contributed by atoms with van der Waals surface area (Å²) in [5.74, 6) is 0.798. The maximum Gasteiger partial charge on any atom is 0.191 e. The van der Waals surface area contributed by atoms with Crippen molar-refractivity contribution < 1.29 is 13.9 Å². The van der Waals surface area contributed by atoms with E-state index in [1.807, 2.05) is 13.0 Å². The fourth-order valence-electron chi connectivity index (χ4n) is 2.62. The van der Waals surface area contributed by atoms with Gasteiger partial charge >= 0.3 is 0 Å². The predicted molar refractivity (Wildman–Crippen MR) is 98.3 cm³/mol. The number of ether oxygens (including phenoxy) is 2. The molecule has 1 fully saturated rings. The molecule has 2 N–H and O–H groups in total. The molecule has 6 nitrogen and oxygen atoms in total. The van der Waals surface area contributed by atoms with E-state index in [2.05, 4.69) is 15.6 Å². The van der Waals surface area contributed by atoms with Gasteiger partial charge < -0.3 is 20.1 Å². The summed E-state index contributed by atoms with van der Waals surface area (Å²) in [7, 11) is 0. The van der Waals surface area contributed by atoms with Gasteiger partial charge in [-0.15, -0.1) is 0 Å². The number of nitriles is 1. The Morgan fingerprint density at radius 3 is 3.08 bits per heavy atom. The third-order valence-corrected chi connectivity index (χ3v) is 4.06. The van der Waals surface area contributed by atoms with E-state index in [1.54, 1.807) is 0 Å². The molecule has 0 radical (unpaired) electrons. The van der Waals surface area contributed by atoms with Crippen molar-refractivity contribution in [3.8, 4) is 6.07 Å². The number of benzene rings is 1. The Labute approximate surface area is 154 Å². The van der Waals surface area contributed by atoms with Crippen LogP contribution in [0.5, 0.6) is 0 Å². The number of aliphatic imine (C=N–C) groups is 1. The zero-order valence-electron chi connectivity index (χ0n) is 15.3. The van der Waals surface area contributed by atoms with Gasteiger partial charge in [0.05, 0.1) is 31.4 Å². The van der Waals surface area contributed by atoms with E-state index in [9.17, 15) is 4.39 Å². The number of hydrogen-bond donors (Lipinski definition) is 2. The van der Waals surface area contributed by atoms with Crippen LogP contribution in [-0.4, -0.2) is 45.5 Å². The van der Waals surface area contributed by atoms with Crippen molar-refractivity contribution in [3.63, 3.8) is 0 Å². The van der Waals surface area contributed by atoms with Crippen molar-refractivity contribution >= 4 is 5.96 Å². The lowest BCUT2D eigenvalue weighted by atomic mass is 10.1. The average Bonchev–Trinajstić information content (AvgIpc) is 3.17. The van der Waals surface area contributed by atoms with E-state index < -0.39 is 0 Å². The fourth-order valence-corrected chi connectivity index (χ4v) is 2.62.